The Balaban J connectivity index is 1.66. The summed E-state index contributed by atoms with van der Waals surface area (Å²) in [5.41, 5.74) is 0. The fourth-order valence-corrected chi connectivity index (χ4v) is 2.36. The summed E-state index contributed by atoms with van der Waals surface area (Å²) < 4.78 is 0. The molecule has 1 aromatic carbocycles. The van der Waals surface area contributed by atoms with Crippen LogP contribution in [0.2, 0.25) is 0 Å². The molecule has 1 aromatic rings. The molecule has 0 radical (unpaired) electrons. The molecule has 0 unspecified atom stereocenters. The van der Waals surface area contributed by atoms with E-state index >= 15 is 0 Å². The Morgan fingerprint density at radius 3 is 2.88 bits per heavy atom. The fourth-order valence-electron chi connectivity index (χ4n) is 1.57. The van der Waals surface area contributed by atoms with Gasteiger partial charge >= 0.3 is 0 Å². The second-order valence-corrected chi connectivity index (χ2v) is 4.88. The minimum Gasteiger partial charge on any atom is -0.355 e. The average molecular weight is 235 g/mol. The molecule has 1 aliphatic rings. The fraction of sp³-hybridized carbons (Fsp3) is 0.417. The summed E-state index contributed by atoms with van der Waals surface area (Å²) in [5.74, 6) is 2.10. The number of aliphatic imine (C=N–C) groups is 1. The molecule has 0 aromatic heterocycles. The highest BCUT2D eigenvalue weighted by Gasteiger charge is 2.10. The van der Waals surface area contributed by atoms with Gasteiger partial charge in [-0.1, -0.05) is 18.2 Å². The zero-order valence-corrected chi connectivity index (χ0v) is 10.3. The number of thioether (sulfide) groups is 1. The summed E-state index contributed by atoms with van der Waals surface area (Å²) in [6, 6.07) is 10.5. The highest BCUT2D eigenvalue weighted by molar-refractivity contribution is 7.99. The second kappa shape index (κ2) is 5.80. The molecule has 0 atom stereocenters. The number of likely N-dealkylation sites (N-methyl/N-ethyl adjacent to an activating group) is 1. The minimum atomic E-state index is 0.921. The largest absolute Gasteiger partial charge is 0.355 e. The summed E-state index contributed by atoms with van der Waals surface area (Å²) in [4.78, 5) is 7.87. The molecule has 0 spiro atoms. The third-order valence-electron chi connectivity index (χ3n) is 2.46. The number of nitrogens with one attached hydrogen (secondary N) is 1. The molecule has 2 rings (SSSR count). The number of nitrogens with zero attached hydrogens (tertiary/aromatic N) is 2. The minimum absolute atomic E-state index is 0.921. The lowest BCUT2D eigenvalue weighted by atomic mass is 10.4. The number of hydrogen-bond donors (Lipinski definition) is 1. The van der Waals surface area contributed by atoms with Crippen molar-refractivity contribution in [3.05, 3.63) is 30.3 Å². The van der Waals surface area contributed by atoms with Gasteiger partial charge < -0.3 is 10.2 Å². The molecule has 1 N–H and O–H groups in total. The third-order valence-corrected chi connectivity index (χ3v) is 3.47. The summed E-state index contributed by atoms with van der Waals surface area (Å²) in [6.07, 6.45) is 0. The molecule has 3 nitrogen and oxygen atoms in total. The lowest BCUT2D eigenvalue weighted by molar-refractivity contribution is 0.537. The molecule has 1 aliphatic heterocycles. The predicted molar refractivity (Wildman–Crippen MR) is 70.1 cm³/mol. The van der Waals surface area contributed by atoms with Crippen LogP contribution in [0.1, 0.15) is 0 Å². The molecular formula is C12H17N3S. The van der Waals surface area contributed by atoms with E-state index < -0.39 is 0 Å². The van der Waals surface area contributed by atoms with Gasteiger partial charge in [-0.05, 0) is 12.1 Å². The molecule has 86 valence electrons. The van der Waals surface area contributed by atoms with Gasteiger partial charge in [0.05, 0.1) is 6.54 Å². The van der Waals surface area contributed by atoms with Crippen LogP contribution in [0.4, 0.5) is 0 Å². The van der Waals surface area contributed by atoms with E-state index in [0.29, 0.717) is 0 Å². The molecule has 0 bridgehead atoms. The number of guanidine groups is 1. The maximum atomic E-state index is 4.38. The SMILES string of the molecule is CN1CCN=C1NCCSc1ccccc1. The third kappa shape index (κ3) is 3.17. The van der Waals surface area contributed by atoms with E-state index in [1.807, 2.05) is 17.8 Å². The Hall–Kier alpha value is -1.16. The highest BCUT2D eigenvalue weighted by atomic mass is 32.2. The molecular weight excluding hydrogens is 218 g/mol. The molecule has 0 saturated heterocycles. The average Bonchev–Trinajstić information content (AvgIpc) is 2.72. The van der Waals surface area contributed by atoms with E-state index in [9.17, 15) is 0 Å². The zero-order valence-electron chi connectivity index (χ0n) is 9.52. The van der Waals surface area contributed by atoms with Crippen LogP contribution in [0, 0.1) is 0 Å². The topological polar surface area (TPSA) is 27.6 Å². The Morgan fingerprint density at radius 2 is 2.19 bits per heavy atom. The Kier molecular flexibility index (Phi) is 4.10. The maximum absolute atomic E-state index is 4.38. The van der Waals surface area contributed by atoms with E-state index in [-0.39, 0.29) is 0 Å². The predicted octanol–water partition coefficient (Wildman–Crippen LogP) is 1.67. The molecule has 0 fully saturated rings. The van der Waals surface area contributed by atoms with Crippen LogP contribution >= 0.6 is 11.8 Å². The van der Waals surface area contributed by atoms with Gasteiger partial charge in [0.2, 0.25) is 0 Å². The van der Waals surface area contributed by atoms with Gasteiger partial charge in [0.1, 0.15) is 0 Å². The lowest BCUT2D eigenvalue weighted by Gasteiger charge is -2.14. The van der Waals surface area contributed by atoms with Crippen LogP contribution in [0.15, 0.2) is 40.2 Å². The van der Waals surface area contributed by atoms with E-state index in [2.05, 4.69) is 46.5 Å². The normalized spacial score (nSPS) is 15.1. The van der Waals surface area contributed by atoms with Crippen molar-refractivity contribution >= 4 is 17.7 Å². The first-order valence-corrected chi connectivity index (χ1v) is 6.52. The number of rotatable bonds is 4. The van der Waals surface area contributed by atoms with Crippen molar-refractivity contribution in [1.29, 1.82) is 0 Å². The van der Waals surface area contributed by atoms with Crippen molar-refractivity contribution < 1.29 is 0 Å². The molecule has 16 heavy (non-hydrogen) atoms. The Labute approximate surface area is 101 Å². The molecule has 1 heterocycles. The van der Waals surface area contributed by atoms with Gasteiger partial charge in [0.15, 0.2) is 5.96 Å². The van der Waals surface area contributed by atoms with Crippen LogP contribution in [0.5, 0.6) is 0 Å². The quantitative estimate of drug-likeness (QED) is 0.635. The van der Waals surface area contributed by atoms with Gasteiger partial charge in [-0.15, -0.1) is 11.8 Å². The molecule has 4 heteroatoms. The van der Waals surface area contributed by atoms with Crippen molar-refractivity contribution in [1.82, 2.24) is 10.2 Å². The smallest absolute Gasteiger partial charge is 0.193 e. The number of benzene rings is 1. The standard InChI is InChI=1S/C12H17N3S/c1-15-9-7-13-12(15)14-8-10-16-11-5-3-2-4-6-11/h2-6H,7-10H2,1H3,(H,13,14). The van der Waals surface area contributed by atoms with Crippen molar-refractivity contribution in [2.45, 2.75) is 4.90 Å². The molecule has 0 saturated carbocycles. The monoisotopic (exact) mass is 235 g/mol. The number of hydrogen-bond acceptors (Lipinski definition) is 4. The molecule has 0 aliphatic carbocycles. The van der Waals surface area contributed by atoms with Crippen molar-refractivity contribution in [3.63, 3.8) is 0 Å². The van der Waals surface area contributed by atoms with Crippen molar-refractivity contribution in [2.24, 2.45) is 4.99 Å². The van der Waals surface area contributed by atoms with Gasteiger partial charge in [0, 0.05) is 30.8 Å². The van der Waals surface area contributed by atoms with Crippen molar-refractivity contribution in [3.8, 4) is 0 Å². The second-order valence-electron chi connectivity index (χ2n) is 3.72. The summed E-state index contributed by atoms with van der Waals surface area (Å²) in [7, 11) is 2.07. The van der Waals surface area contributed by atoms with E-state index in [1.165, 1.54) is 4.90 Å². The Bertz CT molecular complexity index is 351. The van der Waals surface area contributed by atoms with Gasteiger partial charge in [-0.25, -0.2) is 0 Å². The van der Waals surface area contributed by atoms with Gasteiger partial charge in [-0.3, -0.25) is 4.99 Å². The van der Waals surface area contributed by atoms with E-state index in [1.54, 1.807) is 0 Å². The lowest BCUT2D eigenvalue weighted by Crippen LogP contribution is -2.36. The van der Waals surface area contributed by atoms with Gasteiger partial charge in [-0.2, -0.15) is 0 Å². The first-order chi connectivity index (χ1) is 7.86. The van der Waals surface area contributed by atoms with Crippen LogP contribution in [-0.4, -0.2) is 43.3 Å². The van der Waals surface area contributed by atoms with Crippen LogP contribution in [0.3, 0.4) is 0 Å². The van der Waals surface area contributed by atoms with E-state index in [4.69, 9.17) is 0 Å². The summed E-state index contributed by atoms with van der Waals surface area (Å²) >= 11 is 1.87. The van der Waals surface area contributed by atoms with Crippen LogP contribution in [0.25, 0.3) is 0 Å². The van der Waals surface area contributed by atoms with Crippen LogP contribution in [-0.2, 0) is 0 Å². The van der Waals surface area contributed by atoms with Gasteiger partial charge in [0.25, 0.3) is 0 Å². The maximum Gasteiger partial charge on any atom is 0.193 e. The van der Waals surface area contributed by atoms with E-state index in [0.717, 1.165) is 31.3 Å². The van der Waals surface area contributed by atoms with Crippen LogP contribution < -0.4 is 5.32 Å². The molecule has 0 amide bonds. The summed E-state index contributed by atoms with van der Waals surface area (Å²) in [6.45, 7) is 2.92. The highest BCUT2D eigenvalue weighted by Crippen LogP contribution is 2.15. The first-order valence-electron chi connectivity index (χ1n) is 5.53. The first kappa shape index (κ1) is 11.3. The zero-order chi connectivity index (χ0) is 11.2. The summed E-state index contributed by atoms with van der Waals surface area (Å²) in [5, 5.41) is 3.36. The Morgan fingerprint density at radius 1 is 1.38 bits per heavy atom. The van der Waals surface area contributed by atoms with Crippen molar-refractivity contribution in [2.75, 3.05) is 32.4 Å².